The molecule has 1 aromatic rings. The third-order valence-corrected chi connectivity index (χ3v) is 6.14. The fraction of sp³-hybridized carbons (Fsp3) is 0.667. The normalized spacial score (nSPS) is 14.7. The number of nitrogens with zero attached hydrogens (tertiary/aromatic N) is 2. The summed E-state index contributed by atoms with van der Waals surface area (Å²) in [5, 5.41) is -0.358. The number of aromatic nitrogens is 1. The molecule has 2 rings (SSSR count). The number of hydrogen-bond donors (Lipinski definition) is 1. The Labute approximate surface area is 175 Å². The van der Waals surface area contributed by atoms with Crippen LogP contribution in [0.1, 0.15) is 47.5 Å². The summed E-state index contributed by atoms with van der Waals surface area (Å²) in [5.41, 5.74) is -0.318. The molecule has 0 aromatic carbocycles. The molecule has 1 aromatic heterocycles. The molecule has 0 saturated heterocycles. The first-order chi connectivity index (χ1) is 12.9. The van der Waals surface area contributed by atoms with Gasteiger partial charge in [0, 0.05) is 16.7 Å². The van der Waals surface area contributed by atoms with E-state index in [0.717, 1.165) is 0 Å². The van der Waals surface area contributed by atoms with Gasteiger partial charge in [-0.1, -0.05) is 0 Å². The van der Waals surface area contributed by atoms with Crippen LogP contribution >= 0.6 is 15.9 Å². The monoisotopic (exact) mass is 477 g/mol. The number of hydrogen-bond acceptors (Lipinski definition) is 6. The van der Waals surface area contributed by atoms with Crippen molar-refractivity contribution in [2.75, 3.05) is 17.9 Å². The van der Waals surface area contributed by atoms with Crippen molar-refractivity contribution in [1.82, 2.24) is 9.88 Å². The Morgan fingerprint density at radius 3 is 2.57 bits per heavy atom. The zero-order valence-corrected chi connectivity index (χ0v) is 19.3. The maximum Gasteiger partial charge on any atom is 0.410 e. The summed E-state index contributed by atoms with van der Waals surface area (Å²) >= 11 is 3.29. The summed E-state index contributed by atoms with van der Waals surface area (Å²) in [5.74, 6) is 0.167. The lowest BCUT2D eigenvalue weighted by Crippen LogP contribution is -2.43. The molecule has 1 fully saturated rings. The Hall–Kier alpha value is -1.55. The molecule has 1 amide bonds. The molecule has 158 valence electrons. The van der Waals surface area contributed by atoms with Crippen LogP contribution in [0.5, 0.6) is 5.88 Å². The first-order valence-corrected chi connectivity index (χ1v) is 11.5. The molecule has 0 bridgehead atoms. The van der Waals surface area contributed by atoms with Crippen molar-refractivity contribution in [3.05, 3.63) is 16.7 Å². The topological polar surface area (TPSA) is 97.8 Å². The first-order valence-electron chi connectivity index (χ1n) is 9.18. The summed E-state index contributed by atoms with van der Waals surface area (Å²) in [7, 11) is -3.44. The quantitative estimate of drug-likeness (QED) is 0.611. The predicted molar refractivity (Wildman–Crippen MR) is 111 cm³/mol. The van der Waals surface area contributed by atoms with Crippen molar-refractivity contribution in [2.45, 2.75) is 64.4 Å². The maximum atomic E-state index is 12.4. The van der Waals surface area contributed by atoms with Gasteiger partial charge >= 0.3 is 6.09 Å². The molecule has 0 spiro atoms. The van der Waals surface area contributed by atoms with Gasteiger partial charge in [0.05, 0.1) is 11.8 Å². The van der Waals surface area contributed by atoms with Gasteiger partial charge in [0.15, 0.2) is 0 Å². The van der Waals surface area contributed by atoms with E-state index in [-0.39, 0.29) is 36.0 Å². The summed E-state index contributed by atoms with van der Waals surface area (Å²) in [6, 6.07) is 1.53. The number of anilines is 1. The third kappa shape index (κ3) is 6.80. The number of pyridine rings is 1. The van der Waals surface area contributed by atoms with Crippen LogP contribution in [0.4, 0.5) is 10.5 Å². The van der Waals surface area contributed by atoms with Gasteiger partial charge in [0.25, 0.3) is 0 Å². The second kappa shape index (κ2) is 8.86. The number of sulfonamides is 1. The van der Waals surface area contributed by atoms with Crippen LogP contribution in [0.25, 0.3) is 0 Å². The third-order valence-electron chi connectivity index (χ3n) is 3.86. The number of carbonyl (C=O) groups is 1. The van der Waals surface area contributed by atoms with Gasteiger partial charge in [-0.15, -0.1) is 0 Å². The second-order valence-electron chi connectivity index (χ2n) is 7.97. The molecular formula is C18H28BrN3O5S. The van der Waals surface area contributed by atoms with Crippen LogP contribution < -0.4 is 9.46 Å². The Morgan fingerprint density at radius 1 is 1.39 bits per heavy atom. The molecule has 0 atom stereocenters. The first kappa shape index (κ1) is 22.7. The number of halogens is 1. The summed E-state index contributed by atoms with van der Waals surface area (Å²) in [6.45, 7) is 9.62. The highest BCUT2D eigenvalue weighted by Crippen LogP contribution is 2.33. The Morgan fingerprint density at radius 2 is 2.04 bits per heavy atom. The molecule has 1 heterocycles. The second-order valence-corrected chi connectivity index (χ2v) is 10.8. The van der Waals surface area contributed by atoms with E-state index in [0.29, 0.717) is 17.3 Å². The van der Waals surface area contributed by atoms with Crippen LogP contribution in [0, 0.1) is 0 Å². The zero-order valence-electron chi connectivity index (χ0n) is 16.9. The van der Waals surface area contributed by atoms with Gasteiger partial charge in [0.2, 0.25) is 15.9 Å². The summed E-state index contributed by atoms with van der Waals surface area (Å²) in [4.78, 5) is 18.1. The van der Waals surface area contributed by atoms with Crippen molar-refractivity contribution in [3.8, 4) is 5.88 Å². The zero-order chi connectivity index (χ0) is 21.1. The van der Waals surface area contributed by atoms with Crippen molar-refractivity contribution in [3.63, 3.8) is 0 Å². The Balaban J connectivity index is 2.03. The molecule has 10 heteroatoms. The number of ether oxygens (including phenoxy) is 2. The van der Waals surface area contributed by atoms with Crippen molar-refractivity contribution >= 4 is 37.7 Å². The van der Waals surface area contributed by atoms with Gasteiger partial charge in [-0.3, -0.25) is 4.72 Å². The standard InChI is InChI=1S/C18H28BrN3O5S/c1-12(2)22(17(23)27-18(3,4)5)8-9-26-16-15(10-13(19)11-20-16)21-28(24,25)14-6-7-14/h10-12,14,21H,6-9H2,1-5H3. The minimum atomic E-state index is -3.44. The molecule has 8 nitrogen and oxygen atoms in total. The molecule has 0 aliphatic heterocycles. The van der Waals surface area contributed by atoms with Gasteiger partial charge in [-0.05, 0) is 69.5 Å². The average Bonchev–Trinajstić information content (AvgIpc) is 3.36. The minimum absolute atomic E-state index is 0.0795. The molecule has 1 N–H and O–H groups in total. The Kier molecular flexibility index (Phi) is 7.19. The van der Waals surface area contributed by atoms with Crippen LogP contribution in [-0.4, -0.2) is 54.4 Å². The highest BCUT2D eigenvalue weighted by molar-refractivity contribution is 9.10. The molecule has 0 unspecified atom stereocenters. The Bertz CT molecular complexity index is 804. The molecular weight excluding hydrogens is 450 g/mol. The van der Waals surface area contributed by atoms with E-state index in [1.807, 2.05) is 34.6 Å². The van der Waals surface area contributed by atoms with E-state index in [4.69, 9.17) is 9.47 Å². The van der Waals surface area contributed by atoms with E-state index < -0.39 is 21.7 Å². The lowest BCUT2D eigenvalue weighted by atomic mass is 10.2. The SMILES string of the molecule is CC(C)N(CCOc1ncc(Br)cc1NS(=O)(=O)C1CC1)C(=O)OC(C)(C)C. The van der Waals surface area contributed by atoms with Crippen molar-refractivity contribution in [1.29, 1.82) is 0 Å². The van der Waals surface area contributed by atoms with Gasteiger partial charge in [-0.25, -0.2) is 18.2 Å². The molecule has 0 radical (unpaired) electrons. The number of nitrogens with one attached hydrogen (secondary N) is 1. The largest absolute Gasteiger partial charge is 0.474 e. The van der Waals surface area contributed by atoms with Crippen LogP contribution in [0.3, 0.4) is 0 Å². The summed E-state index contributed by atoms with van der Waals surface area (Å²) in [6.07, 6.45) is 2.42. The lowest BCUT2D eigenvalue weighted by Gasteiger charge is -2.30. The highest BCUT2D eigenvalue weighted by Gasteiger charge is 2.36. The van der Waals surface area contributed by atoms with Gasteiger partial charge < -0.3 is 14.4 Å². The number of amides is 1. The average molecular weight is 478 g/mol. The van der Waals surface area contributed by atoms with Crippen LogP contribution in [-0.2, 0) is 14.8 Å². The fourth-order valence-electron chi connectivity index (χ4n) is 2.35. The summed E-state index contributed by atoms with van der Waals surface area (Å²) < 4.78 is 38.8. The molecule has 1 saturated carbocycles. The fourth-order valence-corrected chi connectivity index (χ4v) is 4.06. The lowest BCUT2D eigenvalue weighted by molar-refractivity contribution is 0.0163. The van der Waals surface area contributed by atoms with E-state index >= 15 is 0 Å². The predicted octanol–water partition coefficient (Wildman–Crippen LogP) is 3.77. The molecule has 1 aliphatic carbocycles. The molecule has 1 aliphatic rings. The maximum absolute atomic E-state index is 12.4. The molecule has 28 heavy (non-hydrogen) atoms. The van der Waals surface area contributed by atoms with Gasteiger partial charge in [0.1, 0.15) is 17.9 Å². The van der Waals surface area contributed by atoms with Crippen molar-refractivity contribution in [2.24, 2.45) is 0 Å². The minimum Gasteiger partial charge on any atom is -0.474 e. The van der Waals surface area contributed by atoms with E-state index in [2.05, 4.69) is 25.6 Å². The smallest absolute Gasteiger partial charge is 0.410 e. The van der Waals surface area contributed by atoms with E-state index in [1.54, 1.807) is 11.0 Å². The highest BCUT2D eigenvalue weighted by atomic mass is 79.9. The number of rotatable bonds is 8. The van der Waals surface area contributed by atoms with E-state index in [9.17, 15) is 13.2 Å². The van der Waals surface area contributed by atoms with Crippen LogP contribution in [0.15, 0.2) is 16.7 Å². The van der Waals surface area contributed by atoms with E-state index in [1.165, 1.54) is 6.20 Å². The van der Waals surface area contributed by atoms with Gasteiger partial charge in [-0.2, -0.15) is 0 Å². The van der Waals surface area contributed by atoms with Crippen molar-refractivity contribution < 1.29 is 22.7 Å². The van der Waals surface area contributed by atoms with Crippen LogP contribution in [0.2, 0.25) is 0 Å². The number of carbonyl (C=O) groups excluding carboxylic acids is 1.